The fourth-order valence-corrected chi connectivity index (χ4v) is 4.87. The highest BCUT2D eigenvalue weighted by Crippen LogP contribution is 2.20. The van der Waals surface area contributed by atoms with Crippen molar-refractivity contribution in [2.45, 2.75) is 77.6 Å². The third-order valence-electron chi connectivity index (χ3n) is 6.90. The molecule has 0 spiro atoms. The Kier molecular flexibility index (Phi) is 10.9. The van der Waals surface area contributed by atoms with Crippen molar-refractivity contribution in [2.24, 2.45) is 11.8 Å². The minimum Gasteiger partial charge on any atom is -0.467 e. The fourth-order valence-electron chi connectivity index (χ4n) is 4.87. The highest BCUT2D eigenvalue weighted by Gasteiger charge is 2.33. The number of nitrogens with one attached hydrogen (secondary N) is 3. The number of para-hydroxylation sites is 1. The number of amides is 4. The number of benzene rings is 1. The van der Waals surface area contributed by atoms with Gasteiger partial charge in [-0.2, -0.15) is 0 Å². The number of esters is 1. The lowest BCUT2D eigenvalue weighted by Crippen LogP contribution is -2.55. The molecule has 40 heavy (non-hydrogen) atoms. The van der Waals surface area contributed by atoms with Crippen LogP contribution in [-0.2, 0) is 14.3 Å². The maximum atomic E-state index is 13.3. The van der Waals surface area contributed by atoms with E-state index in [1.165, 1.54) is 12.0 Å². The minimum absolute atomic E-state index is 0.0213. The van der Waals surface area contributed by atoms with E-state index in [1.807, 2.05) is 45.9 Å². The van der Waals surface area contributed by atoms with Crippen LogP contribution in [0.15, 0.2) is 34.7 Å². The van der Waals surface area contributed by atoms with Gasteiger partial charge in [-0.3, -0.25) is 9.59 Å². The van der Waals surface area contributed by atoms with Crippen molar-refractivity contribution < 1.29 is 33.4 Å². The number of carbonyl (C=O) groups is 4. The Morgan fingerprint density at radius 2 is 1.73 bits per heavy atom. The van der Waals surface area contributed by atoms with Crippen LogP contribution >= 0.6 is 0 Å². The van der Waals surface area contributed by atoms with E-state index < -0.39 is 48.0 Å². The second kappa shape index (κ2) is 14.2. The summed E-state index contributed by atoms with van der Waals surface area (Å²) in [4.78, 5) is 52.8. The van der Waals surface area contributed by atoms with Crippen molar-refractivity contribution in [2.75, 3.05) is 20.2 Å². The van der Waals surface area contributed by atoms with Crippen LogP contribution in [0.2, 0.25) is 0 Å². The Labute approximate surface area is 235 Å². The quantitative estimate of drug-likeness (QED) is 0.328. The Hall–Kier alpha value is -3.60. The SMILES string of the molecule is COC(=O)[C@H](CC(C)C)NC(=O)N1CCCC(NC(=O)[C@H](CC(C)C)NC(=O)c2cc3ccccc3o2)C(O)C1. The number of hydrogen-bond acceptors (Lipinski definition) is 7. The molecule has 0 aliphatic carbocycles. The summed E-state index contributed by atoms with van der Waals surface area (Å²) in [5, 5.41) is 20.1. The standard InChI is InChI=1S/C29H42N4O7/c1-17(2)13-21(31-27(36)25-15-19-9-6-7-11-24(19)40-25)26(35)30-20-10-8-12-33(16-23(20)34)29(38)32-22(14-18(3)4)28(37)39-5/h6-7,9,11,15,17-18,20-23,34H,8,10,12-14,16H2,1-5H3,(H,30,35)(H,31,36)(H,32,38)/t20?,21-,22-,23?/m0/s1. The van der Waals surface area contributed by atoms with Crippen molar-refractivity contribution in [1.82, 2.24) is 20.9 Å². The molecule has 1 aliphatic heterocycles. The summed E-state index contributed by atoms with van der Waals surface area (Å²) in [6.45, 7) is 8.11. The van der Waals surface area contributed by atoms with Gasteiger partial charge in [-0.25, -0.2) is 9.59 Å². The van der Waals surface area contributed by atoms with E-state index in [-0.39, 0.29) is 24.1 Å². The van der Waals surface area contributed by atoms with E-state index in [2.05, 4.69) is 16.0 Å². The molecule has 4 N–H and O–H groups in total. The van der Waals surface area contributed by atoms with Gasteiger partial charge in [-0.05, 0) is 49.7 Å². The molecule has 220 valence electrons. The first-order valence-corrected chi connectivity index (χ1v) is 13.9. The van der Waals surface area contributed by atoms with Gasteiger partial charge in [-0.15, -0.1) is 0 Å². The van der Waals surface area contributed by atoms with Gasteiger partial charge in [0.15, 0.2) is 5.76 Å². The topological polar surface area (TPSA) is 150 Å². The molecule has 11 heteroatoms. The zero-order chi connectivity index (χ0) is 29.4. The maximum absolute atomic E-state index is 13.3. The molecule has 2 unspecified atom stereocenters. The molecule has 1 aromatic heterocycles. The summed E-state index contributed by atoms with van der Waals surface area (Å²) in [5.41, 5.74) is 0.579. The van der Waals surface area contributed by atoms with Crippen LogP contribution in [0.4, 0.5) is 4.79 Å². The number of fused-ring (bicyclic) bond motifs is 1. The first-order valence-electron chi connectivity index (χ1n) is 13.9. The summed E-state index contributed by atoms with van der Waals surface area (Å²) in [6.07, 6.45) is 0.743. The molecule has 4 amide bonds. The number of aliphatic hydroxyl groups excluding tert-OH is 1. The lowest BCUT2D eigenvalue weighted by molar-refractivity contribution is -0.143. The van der Waals surface area contributed by atoms with Gasteiger partial charge in [0.1, 0.15) is 17.7 Å². The Bertz CT molecular complexity index is 1150. The number of aliphatic hydroxyl groups is 1. The van der Waals surface area contributed by atoms with Gasteiger partial charge in [0, 0.05) is 11.9 Å². The van der Waals surface area contributed by atoms with E-state index >= 15 is 0 Å². The molecular formula is C29H42N4O7. The molecule has 11 nitrogen and oxygen atoms in total. The van der Waals surface area contributed by atoms with Crippen molar-refractivity contribution in [3.8, 4) is 0 Å². The molecule has 0 saturated carbocycles. The predicted octanol–water partition coefficient (Wildman–Crippen LogP) is 2.82. The van der Waals surface area contributed by atoms with Crippen LogP contribution in [0, 0.1) is 11.8 Å². The normalized spacial score (nSPS) is 19.1. The van der Waals surface area contributed by atoms with Crippen LogP contribution in [0.5, 0.6) is 0 Å². The molecule has 0 radical (unpaired) electrons. The number of ether oxygens (including phenoxy) is 1. The van der Waals surface area contributed by atoms with Crippen molar-refractivity contribution in [1.29, 1.82) is 0 Å². The molecule has 1 fully saturated rings. The van der Waals surface area contributed by atoms with Gasteiger partial charge >= 0.3 is 12.0 Å². The Morgan fingerprint density at radius 3 is 2.38 bits per heavy atom. The van der Waals surface area contributed by atoms with E-state index in [1.54, 1.807) is 12.1 Å². The van der Waals surface area contributed by atoms with Crippen LogP contribution in [0.1, 0.15) is 63.9 Å². The van der Waals surface area contributed by atoms with Gasteiger partial charge in [0.2, 0.25) is 5.91 Å². The van der Waals surface area contributed by atoms with Crippen molar-refractivity contribution in [3.05, 3.63) is 36.1 Å². The smallest absolute Gasteiger partial charge is 0.328 e. The number of hydrogen-bond donors (Lipinski definition) is 4. The zero-order valence-electron chi connectivity index (χ0n) is 23.9. The average molecular weight is 559 g/mol. The van der Waals surface area contributed by atoms with Crippen LogP contribution in [0.25, 0.3) is 11.0 Å². The van der Waals surface area contributed by atoms with Crippen LogP contribution in [-0.4, -0.2) is 78.3 Å². The van der Waals surface area contributed by atoms with E-state index in [0.29, 0.717) is 37.8 Å². The number of carbonyl (C=O) groups excluding carboxylic acids is 4. The van der Waals surface area contributed by atoms with E-state index in [4.69, 9.17) is 9.15 Å². The highest BCUT2D eigenvalue weighted by atomic mass is 16.5. The number of methoxy groups -OCH3 is 1. The number of nitrogens with zero attached hydrogens (tertiary/aromatic N) is 1. The molecule has 1 aliphatic rings. The lowest BCUT2D eigenvalue weighted by Gasteiger charge is -2.28. The molecule has 0 bridgehead atoms. The van der Waals surface area contributed by atoms with Crippen LogP contribution < -0.4 is 16.0 Å². The van der Waals surface area contributed by atoms with Crippen molar-refractivity contribution >= 4 is 34.8 Å². The molecule has 2 heterocycles. The number of furan rings is 1. The molecule has 4 atom stereocenters. The zero-order valence-corrected chi connectivity index (χ0v) is 23.9. The largest absolute Gasteiger partial charge is 0.467 e. The third kappa shape index (κ3) is 8.45. The average Bonchev–Trinajstić information content (AvgIpc) is 3.26. The Balaban J connectivity index is 1.63. The Morgan fingerprint density at radius 1 is 1.05 bits per heavy atom. The van der Waals surface area contributed by atoms with Gasteiger partial charge in [0.25, 0.3) is 5.91 Å². The number of β-amino-alcohol motifs (C(OH)–C–C–N with tert-alkyl or cyclic N) is 1. The summed E-state index contributed by atoms with van der Waals surface area (Å²) in [5.74, 6) is -1.06. The first-order chi connectivity index (χ1) is 19.0. The number of rotatable bonds is 10. The minimum atomic E-state index is -1.04. The summed E-state index contributed by atoms with van der Waals surface area (Å²) < 4.78 is 10.5. The molecular weight excluding hydrogens is 516 g/mol. The summed E-state index contributed by atoms with van der Waals surface area (Å²) in [7, 11) is 1.27. The van der Waals surface area contributed by atoms with Crippen LogP contribution in [0.3, 0.4) is 0 Å². The van der Waals surface area contributed by atoms with Gasteiger partial charge in [-0.1, -0.05) is 45.9 Å². The highest BCUT2D eigenvalue weighted by molar-refractivity contribution is 5.98. The summed E-state index contributed by atoms with van der Waals surface area (Å²) >= 11 is 0. The van der Waals surface area contributed by atoms with Crippen molar-refractivity contribution in [3.63, 3.8) is 0 Å². The lowest BCUT2D eigenvalue weighted by atomic mass is 10.0. The van der Waals surface area contributed by atoms with Gasteiger partial charge < -0.3 is 35.1 Å². The molecule has 1 saturated heterocycles. The van der Waals surface area contributed by atoms with E-state index in [9.17, 15) is 24.3 Å². The maximum Gasteiger partial charge on any atom is 0.328 e. The van der Waals surface area contributed by atoms with E-state index in [0.717, 1.165) is 5.39 Å². The second-order valence-corrected chi connectivity index (χ2v) is 11.2. The fraction of sp³-hybridized carbons (Fsp3) is 0.586. The number of likely N-dealkylation sites (tertiary alicyclic amines) is 1. The third-order valence-corrected chi connectivity index (χ3v) is 6.90. The summed E-state index contributed by atoms with van der Waals surface area (Å²) in [6, 6.07) is 6.18. The monoisotopic (exact) mass is 558 g/mol. The first kappa shape index (κ1) is 30.9. The predicted molar refractivity (Wildman–Crippen MR) is 149 cm³/mol. The number of urea groups is 1. The molecule has 3 rings (SSSR count). The van der Waals surface area contributed by atoms with Gasteiger partial charge in [0.05, 0.1) is 25.8 Å². The second-order valence-electron chi connectivity index (χ2n) is 11.2. The molecule has 2 aromatic rings. The molecule has 1 aromatic carbocycles.